The molecule has 2 heteroatoms. The van der Waals surface area contributed by atoms with Crippen LogP contribution in [0.2, 0.25) is 0 Å². The Bertz CT molecular complexity index is 321. The van der Waals surface area contributed by atoms with Gasteiger partial charge in [0, 0.05) is 7.11 Å². The summed E-state index contributed by atoms with van der Waals surface area (Å²) in [5.41, 5.74) is 1.63. The Morgan fingerprint density at radius 3 is 2.38 bits per heavy atom. The first-order chi connectivity index (χ1) is 7.59. The third-order valence-corrected chi connectivity index (χ3v) is 3.46. The lowest BCUT2D eigenvalue weighted by atomic mass is 9.85. The summed E-state index contributed by atoms with van der Waals surface area (Å²) in [5.74, 6) is 0. The molecule has 1 rings (SSSR count). The van der Waals surface area contributed by atoms with E-state index in [0.29, 0.717) is 0 Å². The van der Waals surface area contributed by atoms with Crippen molar-refractivity contribution in [3.63, 3.8) is 0 Å². The second-order valence-corrected chi connectivity index (χ2v) is 4.29. The summed E-state index contributed by atoms with van der Waals surface area (Å²) in [7, 11) is 1.67. The average molecular weight is 222 g/mol. The van der Waals surface area contributed by atoms with Gasteiger partial charge in [0.2, 0.25) is 0 Å². The highest BCUT2D eigenvalue weighted by molar-refractivity contribution is 5.26. The second kappa shape index (κ2) is 5.46. The van der Waals surface area contributed by atoms with Gasteiger partial charge in [-0.1, -0.05) is 43.7 Å². The van der Waals surface area contributed by atoms with Crippen molar-refractivity contribution in [2.24, 2.45) is 0 Å². The fraction of sp³-hybridized carbons (Fsp3) is 0.571. The van der Waals surface area contributed by atoms with E-state index in [4.69, 9.17) is 4.74 Å². The van der Waals surface area contributed by atoms with Crippen molar-refractivity contribution in [3.8, 4) is 0 Å². The summed E-state index contributed by atoms with van der Waals surface area (Å²) in [6, 6.07) is 7.97. The molecule has 1 aromatic rings. The van der Waals surface area contributed by atoms with Crippen molar-refractivity contribution < 1.29 is 9.84 Å². The van der Waals surface area contributed by atoms with E-state index >= 15 is 0 Å². The minimum absolute atomic E-state index is 0.464. The molecule has 0 saturated heterocycles. The number of aryl methyl sites for hydroxylation is 1. The zero-order valence-electron chi connectivity index (χ0n) is 10.7. The van der Waals surface area contributed by atoms with Gasteiger partial charge in [-0.25, -0.2) is 0 Å². The number of hydrogen-bond donors (Lipinski definition) is 1. The van der Waals surface area contributed by atoms with Crippen LogP contribution in [-0.4, -0.2) is 17.8 Å². The van der Waals surface area contributed by atoms with E-state index in [9.17, 15) is 5.11 Å². The summed E-state index contributed by atoms with van der Waals surface area (Å²) >= 11 is 0. The van der Waals surface area contributed by atoms with Crippen LogP contribution in [0.1, 0.15) is 43.9 Å². The minimum atomic E-state index is -0.563. The maximum Gasteiger partial charge on any atom is 0.108 e. The molecule has 0 aliphatic carbocycles. The van der Waals surface area contributed by atoms with Crippen LogP contribution in [0, 0.1) is 6.92 Å². The molecule has 90 valence electrons. The van der Waals surface area contributed by atoms with Crippen molar-refractivity contribution in [2.45, 2.75) is 45.3 Å². The standard InChI is InChI=1S/C14H22O2/c1-5-14(6-2,16-4)13(15)12-9-7-8-11(3)10-12/h7-10,13,15H,5-6H2,1-4H3. The first-order valence-electron chi connectivity index (χ1n) is 5.89. The van der Waals surface area contributed by atoms with Crippen LogP contribution in [0.3, 0.4) is 0 Å². The molecule has 0 aromatic heterocycles. The van der Waals surface area contributed by atoms with E-state index in [2.05, 4.69) is 0 Å². The van der Waals surface area contributed by atoms with Gasteiger partial charge in [-0.05, 0) is 25.3 Å². The van der Waals surface area contributed by atoms with Crippen LogP contribution in [0.4, 0.5) is 0 Å². The lowest BCUT2D eigenvalue weighted by Crippen LogP contribution is -2.37. The highest BCUT2D eigenvalue weighted by atomic mass is 16.5. The molecule has 0 fully saturated rings. The predicted octanol–water partition coefficient (Wildman–Crippen LogP) is 3.23. The van der Waals surface area contributed by atoms with Gasteiger partial charge in [0.25, 0.3) is 0 Å². The summed E-state index contributed by atoms with van der Waals surface area (Å²) in [6.45, 7) is 6.13. The zero-order chi connectivity index (χ0) is 12.2. The largest absolute Gasteiger partial charge is 0.385 e. The molecule has 1 atom stereocenters. The molecule has 16 heavy (non-hydrogen) atoms. The maximum absolute atomic E-state index is 10.4. The van der Waals surface area contributed by atoms with Crippen LogP contribution in [0.15, 0.2) is 24.3 Å². The fourth-order valence-corrected chi connectivity index (χ4v) is 2.18. The van der Waals surface area contributed by atoms with Crippen molar-refractivity contribution in [1.82, 2.24) is 0 Å². The topological polar surface area (TPSA) is 29.5 Å². The predicted molar refractivity (Wildman–Crippen MR) is 66.5 cm³/mol. The van der Waals surface area contributed by atoms with Crippen LogP contribution in [-0.2, 0) is 4.74 Å². The smallest absolute Gasteiger partial charge is 0.108 e. The molecule has 0 spiro atoms. The molecule has 0 amide bonds. The van der Waals surface area contributed by atoms with Gasteiger partial charge in [-0.15, -0.1) is 0 Å². The molecule has 1 unspecified atom stereocenters. The first-order valence-corrected chi connectivity index (χ1v) is 5.89. The second-order valence-electron chi connectivity index (χ2n) is 4.29. The van der Waals surface area contributed by atoms with Crippen LogP contribution < -0.4 is 0 Å². The Kier molecular flexibility index (Phi) is 4.51. The van der Waals surface area contributed by atoms with E-state index in [1.165, 1.54) is 0 Å². The molecule has 0 saturated carbocycles. The molecule has 2 nitrogen and oxygen atoms in total. The van der Waals surface area contributed by atoms with Crippen molar-refractivity contribution in [3.05, 3.63) is 35.4 Å². The van der Waals surface area contributed by atoms with Gasteiger partial charge < -0.3 is 9.84 Å². The van der Waals surface area contributed by atoms with E-state index in [1.54, 1.807) is 7.11 Å². The number of benzene rings is 1. The van der Waals surface area contributed by atoms with Crippen molar-refractivity contribution in [2.75, 3.05) is 7.11 Å². The number of aliphatic hydroxyl groups is 1. The number of aliphatic hydroxyl groups excluding tert-OH is 1. The normalized spacial score (nSPS) is 13.8. The SMILES string of the molecule is CCC(CC)(OC)C(O)c1cccc(C)c1. The van der Waals surface area contributed by atoms with Gasteiger partial charge in [0.1, 0.15) is 6.10 Å². The molecule has 0 aliphatic rings. The number of methoxy groups -OCH3 is 1. The average Bonchev–Trinajstić information content (AvgIpc) is 2.32. The van der Waals surface area contributed by atoms with Gasteiger partial charge in [-0.2, -0.15) is 0 Å². The molecule has 0 bridgehead atoms. The van der Waals surface area contributed by atoms with E-state index in [-0.39, 0.29) is 0 Å². The van der Waals surface area contributed by atoms with Crippen LogP contribution >= 0.6 is 0 Å². The van der Waals surface area contributed by atoms with Gasteiger partial charge in [0.05, 0.1) is 5.60 Å². The number of hydrogen-bond acceptors (Lipinski definition) is 2. The molecule has 0 aliphatic heterocycles. The Hall–Kier alpha value is -0.860. The Morgan fingerprint density at radius 1 is 1.31 bits per heavy atom. The highest BCUT2D eigenvalue weighted by Crippen LogP contribution is 2.34. The van der Waals surface area contributed by atoms with Gasteiger partial charge in [-0.3, -0.25) is 0 Å². The summed E-state index contributed by atoms with van der Waals surface area (Å²) in [5, 5.41) is 10.4. The molecule has 0 heterocycles. The first kappa shape index (κ1) is 13.2. The zero-order valence-corrected chi connectivity index (χ0v) is 10.7. The Labute approximate surface area is 98.3 Å². The third kappa shape index (κ3) is 2.45. The van der Waals surface area contributed by atoms with Crippen LogP contribution in [0.25, 0.3) is 0 Å². The summed E-state index contributed by atoms with van der Waals surface area (Å²) < 4.78 is 5.54. The molecular formula is C14H22O2. The quantitative estimate of drug-likeness (QED) is 0.828. The highest BCUT2D eigenvalue weighted by Gasteiger charge is 2.35. The lowest BCUT2D eigenvalue weighted by Gasteiger charge is -2.35. The number of rotatable bonds is 5. The van der Waals surface area contributed by atoms with E-state index in [0.717, 1.165) is 24.0 Å². The fourth-order valence-electron chi connectivity index (χ4n) is 2.18. The van der Waals surface area contributed by atoms with E-state index in [1.807, 2.05) is 45.0 Å². The Morgan fingerprint density at radius 2 is 1.94 bits per heavy atom. The van der Waals surface area contributed by atoms with Gasteiger partial charge in [0.15, 0.2) is 0 Å². The molecule has 0 radical (unpaired) electrons. The maximum atomic E-state index is 10.4. The molecule has 1 N–H and O–H groups in total. The summed E-state index contributed by atoms with van der Waals surface area (Å²) in [4.78, 5) is 0. The Balaban J connectivity index is 3.03. The van der Waals surface area contributed by atoms with Crippen LogP contribution in [0.5, 0.6) is 0 Å². The number of ether oxygens (including phenoxy) is 1. The van der Waals surface area contributed by atoms with E-state index < -0.39 is 11.7 Å². The van der Waals surface area contributed by atoms with Crippen molar-refractivity contribution >= 4 is 0 Å². The van der Waals surface area contributed by atoms with Crippen molar-refractivity contribution in [1.29, 1.82) is 0 Å². The lowest BCUT2D eigenvalue weighted by molar-refractivity contribution is -0.109. The molecule has 1 aromatic carbocycles. The van der Waals surface area contributed by atoms with Gasteiger partial charge >= 0.3 is 0 Å². The minimum Gasteiger partial charge on any atom is -0.385 e. The summed E-state index contributed by atoms with van der Waals surface area (Å²) in [6.07, 6.45) is 1.04. The monoisotopic (exact) mass is 222 g/mol. The third-order valence-electron chi connectivity index (χ3n) is 3.46. The molecular weight excluding hydrogens is 200 g/mol.